The van der Waals surface area contributed by atoms with Crippen molar-refractivity contribution in [1.82, 2.24) is 4.98 Å². The number of anilines is 1. The second kappa shape index (κ2) is 6.97. The van der Waals surface area contributed by atoms with E-state index in [1.807, 2.05) is 13.1 Å². The van der Waals surface area contributed by atoms with Gasteiger partial charge in [-0.05, 0) is 40.4 Å². The largest absolute Gasteiger partial charge is 0.368 e. The van der Waals surface area contributed by atoms with Crippen LogP contribution in [0.3, 0.4) is 0 Å². The first-order valence-corrected chi connectivity index (χ1v) is 6.99. The highest BCUT2D eigenvalue weighted by atomic mass is 79.9. The first kappa shape index (κ1) is 14.5. The van der Waals surface area contributed by atoms with Crippen LogP contribution >= 0.6 is 15.9 Å². The zero-order valence-electron chi connectivity index (χ0n) is 10.8. The molecule has 0 fully saturated rings. The van der Waals surface area contributed by atoms with Crippen LogP contribution in [0.2, 0.25) is 0 Å². The van der Waals surface area contributed by atoms with Gasteiger partial charge >= 0.3 is 0 Å². The molecule has 0 radical (unpaired) electrons. The van der Waals surface area contributed by atoms with Gasteiger partial charge in [-0.1, -0.05) is 26.7 Å². The van der Waals surface area contributed by atoms with Gasteiger partial charge in [-0.25, -0.2) is 4.98 Å². The third-order valence-electron chi connectivity index (χ3n) is 3.14. The highest BCUT2D eigenvalue weighted by Crippen LogP contribution is 2.21. The number of nitrogens with two attached hydrogens (primary N) is 1. The van der Waals surface area contributed by atoms with Crippen molar-refractivity contribution in [3.8, 4) is 0 Å². The summed E-state index contributed by atoms with van der Waals surface area (Å²) in [7, 11) is 0. The summed E-state index contributed by atoms with van der Waals surface area (Å²) in [4.78, 5) is 4.35. The zero-order chi connectivity index (χ0) is 12.8. The van der Waals surface area contributed by atoms with E-state index in [0.29, 0.717) is 5.92 Å². The Morgan fingerprint density at radius 1 is 1.41 bits per heavy atom. The van der Waals surface area contributed by atoms with Crippen molar-refractivity contribution in [3.05, 3.63) is 22.3 Å². The predicted octanol–water partition coefficient (Wildman–Crippen LogP) is 3.33. The monoisotopic (exact) mass is 299 g/mol. The Kier molecular flexibility index (Phi) is 5.92. The molecule has 3 N–H and O–H groups in total. The maximum absolute atomic E-state index is 6.16. The minimum atomic E-state index is 0.181. The number of hydrogen-bond donors (Lipinski definition) is 2. The fourth-order valence-electron chi connectivity index (χ4n) is 1.94. The number of rotatable bonds is 6. The Hall–Kier alpha value is -0.610. The Balaban J connectivity index is 2.55. The van der Waals surface area contributed by atoms with Gasteiger partial charge in [0, 0.05) is 18.8 Å². The molecular weight excluding hydrogens is 278 g/mol. The van der Waals surface area contributed by atoms with E-state index < -0.39 is 0 Å². The van der Waals surface area contributed by atoms with Crippen LogP contribution in [-0.4, -0.2) is 17.6 Å². The third kappa shape index (κ3) is 4.28. The molecule has 0 bridgehead atoms. The SMILES string of the molecule is CCC(CC)C(N)CNc1ncc(C)cc1Br. The maximum Gasteiger partial charge on any atom is 0.140 e. The van der Waals surface area contributed by atoms with Gasteiger partial charge in [-0.2, -0.15) is 0 Å². The van der Waals surface area contributed by atoms with Crippen LogP contribution < -0.4 is 11.1 Å². The minimum Gasteiger partial charge on any atom is -0.368 e. The van der Waals surface area contributed by atoms with Gasteiger partial charge in [0.05, 0.1) is 4.47 Å². The summed E-state index contributed by atoms with van der Waals surface area (Å²) in [6, 6.07) is 2.23. The van der Waals surface area contributed by atoms with E-state index in [-0.39, 0.29) is 6.04 Å². The molecule has 17 heavy (non-hydrogen) atoms. The molecule has 96 valence electrons. The molecule has 1 aromatic rings. The maximum atomic E-state index is 6.16. The fraction of sp³-hybridized carbons (Fsp3) is 0.615. The smallest absolute Gasteiger partial charge is 0.140 e. The molecule has 1 unspecified atom stereocenters. The van der Waals surface area contributed by atoms with Crippen LogP contribution in [0.15, 0.2) is 16.7 Å². The summed E-state index contributed by atoms with van der Waals surface area (Å²) in [5.74, 6) is 1.45. The molecule has 1 aromatic heterocycles. The molecule has 1 atom stereocenters. The molecular formula is C13H22BrN3. The number of halogens is 1. The molecule has 0 aliphatic carbocycles. The average Bonchev–Trinajstić information content (AvgIpc) is 2.29. The summed E-state index contributed by atoms with van der Waals surface area (Å²) in [6.45, 7) is 7.17. The summed E-state index contributed by atoms with van der Waals surface area (Å²) >= 11 is 3.50. The van der Waals surface area contributed by atoms with Crippen LogP contribution in [0.4, 0.5) is 5.82 Å². The number of nitrogens with zero attached hydrogens (tertiary/aromatic N) is 1. The normalized spacial score (nSPS) is 12.8. The summed E-state index contributed by atoms with van der Waals surface area (Å²) in [6.07, 6.45) is 4.11. The molecule has 0 spiro atoms. The van der Waals surface area contributed by atoms with Gasteiger partial charge < -0.3 is 11.1 Å². The number of aryl methyl sites for hydroxylation is 1. The van der Waals surface area contributed by atoms with Crippen molar-refractivity contribution in [3.63, 3.8) is 0 Å². The minimum absolute atomic E-state index is 0.181. The van der Waals surface area contributed by atoms with Crippen molar-refractivity contribution in [1.29, 1.82) is 0 Å². The van der Waals surface area contributed by atoms with Crippen LogP contribution in [0, 0.1) is 12.8 Å². The second-order valence-electron chi connectivity index (χ2n) is 4.46. The Bertz CT molecular complexity index is 351. The lowest BCUT2D eigenvalue weighted by atomic mass is 9.95. The standard InChI is InChI=1S/C13H22BrN3/c1-4-10(5-2)12(15)8-17-13-11(14)6-9(3)7-16-13/h6-7,10,12H,4-5,8,15H2,1-3H3,(H,16,17). The predicted molar refractivity (Wildman–Crippen MR) is 77.2 cm³/mol. The van der Waals surface area contributed by atoms with Gasteiger partial charge in [0.25, 0.3) is 0 Å². The highest BCUT2D eigenvalue weighted by molar-refractivity contribution is 9.10. The summed E-state index contributed by atoms with van der Waals surface area (Å²) in [5.41, 5.74) is 7.31. The van der Waals surface area contributed by atoms with Crippen molar-refractivity contribution < 1.29 is 0 Å². The van der Waals surface area contributed by atoms with E-state index in [4.69, 9.17) is 5.73 Å². The number of pyridine rings is 1. The van der Waals surface area contributed by atoms with Gasteiger partial charge in [-0.3, -0.25) is 0 Å². The van der Waals surface area contributed by atoms with E-state index >= 15 is 0 Å². The number of nitrogens with one attached hydrogen (secondary N) is 1. The van der Waals surface area contributed by atoms with Crippen LogP contribution in [0.5, 0.6) is 0 Å². The Morgan fingerprint density at radius 2 is 2.06 bits per heavy atom. The summed E-state index contributed by atoms with van der Waals surface area (Å²) in [5, 5.41) is 3.31. The number of aromatic nitrogens is 1. The molecule has 0 amide bonds. The number of hydrogen-bond acceptors (Lipinski definition) is 3. The fourth-order valence-corrected chi connectivity index (χ4v) is 2.54. The highest BCUT2D eigenvalue weighted by Gasteiger charge is 2.14. The molecule has 0 saturated heterocycles. The van der Waals surface area contributed by atoms with E-state index in [0.717, 1.165) is 35.2 Å². The lowest BCUT2D eigenvalue weighted by Gasteiger charge is -2.22. The van der Waals surface area contributed by atoms with Crippen LogP contribution in [0.25, 0.3) is 0 Å². The first-order chi connectivity index (χ1) is 8.08. The molecule has 4 heteroatoms. The Morgan fingerprint density at radius 3 is 2.59 bits per heavy atom. The molecule has 3 nitrogen and oxygen atoms in total. The first-order valence-electron chi connectivity index (χ1n) is 6.20. The van der Waals surface area contributed by atoms with E-state index in [1.54, 1.807) is 0 Å². The lowest BCUT2D eigenvalue weighted by molar-refractivity contribution is 0.407. The Labute approximate surface area is 112 Å². The molecule has 0 aromatic carbocycles. The molecule has 1 rings (SSSR count). The van der Waals surface area contributed by atoms with Crippen molar-refractivity contribution in [2.75, 3.05) is 11.9 Å². The average molecular weight is 300 g/mol. The second-order valence-corrected chi connectivity index (χ2v) is 5.32. The molecule has 0 aliphatic rings. The van der Waals surface area contributed by atoms with Gasteiger partial charge in [0.1, 0.15) is 5.82 Å². The van der Waals surface area contributed by atoms with Crippen molar-refractivity contribution in [2.45, 2.75) is 39.7 Å². The zero-order valence-corrected chi connectivity index (χ0v) is 12.4. The third-order valence-corrected chi connectivity index (χ3v) is 3.74. The van der Waals surface area contributed by atoms with Crippen molar-refractivity contribution >= 4 is 21.7 Å². The van der Waals surface area contributed by atoms with Gasteiger partial charge in [0.2, 0.25) is 0 Å². The lowest BCUT2D eigenvalue weighted by Crippen LogP contribution is -2.36. The van der Waals surface area contributed by atoms with E-state index in [1.165, 1.54) is 0 Å². The summed E-state index contributed by atoms with van der Waals surface area (Å²) < 4.78 is 0.995. The van der Waals surface area contributed by atoms with Gasteiger partial charge in [-0.15, -0.1) is 0 Å². The molecule has 0 saturated carbocycles. The molecule has 1 heterocycles. The van der Waals surface area contributed by atoms with Crippen LogP contribution in [0.1, 0.15) is 32.3 Å². The topological polar surface area (TPSA) is 50.9 Å². The van der Waals surface area contributed by atoms with E-state index in [2.05, 4.69) is 46.1 Å². The van der Waals surface area contributed by atoms with Crippen molar-refractivity contribution in [2.24, 2.45) is 11.7 Å². The quantitative estimate of drug-likeness (QED) is 0.847. The van der Waals surface area contributed by atoms with E-state index in [9.17, 15) is 0 Å². The molecule has 0 aliphatic heterocycles. The van der Waals surface area contributed by atoms with Gasteiger partial charge in [0.15, 0.2) is 0 Å². The van der Waals surface area contributed by atoms with Crippen LogP contribution in [-0.2, 0) is 0 Å².